The molecule has 4 rings (SSSR count). The average molecular weight is 701 g/mol. The predicted molar refractivity (Wildman–Crippen MR) is 172 cm³/mol. The standard InChI is InChI=1S/C25H29ClN8O6S4/c1-10(2)14(27)20(35)30-5-6-41-8-11-7-29-4-3-12(11)43-13-9-42-23-17(22(37)34(23)18(13)24(38)39)31-21(36)16(33-40)15-19(26)44-25(28)32-15/h3-4,7,10,14,17,23,40H,5-6,8-9,27H2,1-2H3,(H2,28,32)(H,30,35)(H,31,36)(H,38,39)/b33-16-/t14-,17+,23-/m0/s1. The monoisotopic (exact) mass is 700 g/mol. The summed E-state index contributed by atoms with van der Waals surface area (Å²) in [6.07, 6.45) is 3.30. The number of thiazole rings is 1. The van der Waals surface area contributed by atoms with Crippen molar-refractivity contribution in [3.8, 4) is 0 Å². The highest BCUT2D eigenvalue weighted by Gasteiger charge is 2.54. The molecule has 4 heterocycles. The number of carbonyl (C=O) groups excluding carboxylic acids is 3. The molecule has 0 saturated carbocycles. The fourth-order valence-corrected chi connectivity index (χ4v) is 8.57. The van der Waals surface area contributed by atoms with E-state index >= 15 is 0 Å². The Kier molecular flexibility index (Phi) is 11.4. The maximum absolute atomic E-state index is 13.1. The van der Waals surface area contributed by atoms with Crippen LogP contribution < -0.4 is 22.1 Å². The second-order valence-corrected chi connectivity index (χ2v) is 14.7. The van der Waals surface area contributed by atoms with Crippen molar-refractivity contribution in [2.75, 3.05) is 23.8 Å². The molecule has 236 valence electrons. The third-order valence-corrected chi connectivity index (χ3v) is 11.2. The van der Waals surface area contributed by atoms with Crippen LogP contribution in [0.1, 0.15) is 25.1 Å². The number of aromatic nitrogens is 2. The molecule has 0 spiro atoms. The van der Waals surface area contributed by atoms with Crippen LogP contribution in [-0.4, -0.2) is 90.1 Å². The van der Waals surface area contributed by atoms with Gasteiger partial charge < -0.3 is 32.4 Å². The van der Waals surface area contributed by atoms with Gasteiger partial charge in [-0.25, -0.2) is 9.78 Å². The van der Waals surface area contributed by atoms with Crippen LogP contribution in [0.15, 0.2) is 39.1 Å². The van der Waals surface area contributed by atoms with Crippen molar-refractivity contribution in [2.45, 2.75) is 42.0 Å². The summed E-state index contributed by atoms with van der Waals surface area (Å²) >= 11 is 11.0. The molecule has 1 saturated heterocycles. The molecular formula is C25H29ClN8O6S4. The van der Waals surface area contributed by atoms with Gasteiger partial charge in [-0.1, -0.05) is 53.7 Å². The molecule has 44 heavy (non-hydrogen) atoms. The zero-order valence-electron chi connectivity index (χ0n) is 23.4. The van der Waals surface area contributed by atoms with Gasteiger partial charge in [-0.15, -0.1) is 11.8 Å². The number of carbonyl (C=O) groups is 4. The molecule has 3 atom stereocenters. The van der Waals surface area contributed by atoms with Gasteiger partial charge in [0.05, 0.1) is 6.04 Å². The largest absolute Gasteiger partial charge is 0.477 e. The first-order valence-electron chi connectivity index (χ1n) is 13.0. The number of anilines is 1. The Labute approximate surface area is 273 Å². The van der Waals surface area contributed by atoms with Gasteiger partial charge in [-0.05, 0) is 17.5 Å². The van der Waals surface area contributed by atoms with E-state index in [0.29, 0.717) is 23.0 Å². The van der Waals surface area contributed by atoms with Crippen LogP contribution in [0.5, 0.6) is 0 Å². The Morgan fingerprint density at radius 1 is 1.34 bits per heavy atom. The van der Waals surface area contributed by atoms with E-state index in [1.807, 2.05) is 13.8 Å². The third kappa shape index (κ3) is 7.43. The van der Waals surface area contributed by atoms with E-state index in [0.717, 1.165) is 26.7 Å². The predicted octanol–water partition coefficient (Wildman–Crippen LogP) is 1.77. The van der Waals surface area contributed by atoms with E-state index in [9.17, 15) is 29.5 Å². The Hall–Kier alpha value is -3.03. The Morgan fingerprint density at radius 2 is 2.09 bits per heavy atom. The summed E-state index contributed by atoms with van der Waals surface area (Å²) in [5.74, 6) is -1.52. The number of hydrogen-bond acceptors (Lipinski definition) is 14. The van der Waals surface area contributed by atoms with Crippen LogP contribution in [0.2, 0.25) is 4.34 Å². The van der Waals surface area contributed by atoms with Crippen molar-refractivity contribution in [3.05, 3.63) is 44.7 Å². The number of carboxylic acids is 1. The second kappa shape index (κ2) is 14.8. The number of rotatable bonds is 13. The van der Waals surface area contributed by atoms with Crippen molar-refractivity contribution < 1.29 is 29.5 Å². The number of pyridine rings is 1. The van der Waals surface area contributed by atoms with E-state index in [1.54, 1.807) is 30.2 Å². The van der Waals surface area contributed by atoms with Gasteiger partial charge in [0.1, 0.15) is 27.1 Å². The molecule has 2 aromatic rings. The van der Waals surface area contributed by atoms with Gasteiger partial charge in [0.25, 0.3) is 11.8 Å². The van der Waals surface area contributed by atoms with Crippen LogP contribution in [0, 0.1) is 5.92 Å². The summed E-state index contributed by atoms with van der Waals surface area (Å²) in [6.45, 7) is 4.21. The van der Waals surface area contributed by atoms with E-state index in [2.05, 4.69) is 25.8 Å². The van der Waals surface area contributed by atoms with Gasteiger partial charge in [0.15, 0.2) is 10.8 Å². The summed E-state index contributed by atoms with van der Waals surface area (Å²) in [6, 6.07) is 0.147. The van der Waals surface area contributed by atoms with Crippen molar-refractivity contribution in [3.63, 3.8) is 0 Å². The SMILES string of the molecule is CC(C)[C@H](N)C(=O)NCCSCc1cnccc1SC1=C(C(=O)O)N2C(=O)[C@@H](NC(=O)/C(=N\O)c3nc(N)sc3Cl)[C@@H]2SC1. The number of nitrogens with zero attached hydrogens (tertiary/aromatic N) is 4. The van der Waals surface area contributed by atoms with Crippen LogP contribution in [0.25, 0.3) is 0 Å². The molecular weight excluding hydrogens is 672 g/mol. The number of nitrogens with two attached hydrogens (primary N) is 2. The summed E-state index contributed by atoms with van der Waals surface area (Å²) in [5.41, 5.74) is 11.5. The lowest BCUT2D eigenvalue weighted by Gasteiger charge is -2.49. The zero-order valence-corrected chi connectivity index (χ0v) is 27.4. The van der Waals surface area contributed by atoms with Gasteiger partial charge >= 0.3 is 5.97 Å². The number of β-lactam (4-membered cyclic amide) rings is 1. The Morgan fingerprint density at radius 3 is 2.73 bits per heavy atom. The van der Waals surface area contributed by atoms with Crippen LogP contribution in [0.3, 0.4) is 0 Å². The highest BCUT2D eigenvalue weighted by Crippen LogP contribution is 2.46. The Bertz CT molecular complexity index is 1520. The molecule has 0 bridgehead atoms. The van der Waals surface area contributed by atoms with Crippen LogP contribution in [-0.2, 0) is 24.9 Å². The fourth-order valence-electron chi connectivity index (χ4n) is 4.15. The van der Waals surface area contributed by atoms with Crippen molar-refractivity contribution in [1.29, 1.82) is 0 Å². The quantitative estimate of drug-likeness (QED) is 0.0577. The molecule has 19 heteroatoms. The smallest absolute Gasteiger partial charge is 0.353 e. The molecule has 2 aliphatic heterocycles. The first-order valence-corrected chi connectivity index (χ1v) is 17.2. The fraction of sp³-hybridized carbons (Fsp3) is 0.400. The number of aliphatic carboxylic acids is 1. The number of fused-ring (bicyclic) bond motifs is 1. The number of amides is 3. The minimum atomic E-state index is -1.28. The summed E-state index contributed by atoms with van der Waals surface area (Å²) in [7, 11) is 0. The number of halogens is 1. The summed E-state index contributed by atoms with van der Waals surface area (Å²) in [4.78, 5) is 60.9. The maximum atomic E-state index is 13.1. The topological polar surface area (TPSA) is 226 Å². The van der Waals surface area contributed by atoms with Crippen molar-refractivity contribution >= 4 is 92.8 Å². The number of carboxylic acid groups (broad SMARTS) is 1. The molecule has 8 N–H and O–H groups in total. The number of hydrogen-bond donors (Lipinski definition) is 6. The summed E-state index contributed by atoms with van der Waals surface area (Å²) in [5, 5.41) is 27.2. The molecule has 2 aromatic heterocycles. The number of thioether (sulfide) groups is 3. The third-order valence-electron chi connectivity index (χ3n) is 6.48. The van der Waals surface area contributed by atoms with E-state index in [4.69, 9.17) is 23.1 Å². The molecule has 0 aliphatic carbocycles. The Balaban J connectivity index is 1.41. The average Bonchev–Trinajstić information content (AvgIpc) is 3.32. The van der Waals surface area contributed by atoms with Crippen molar-refractivity contribution in [2.24, 2.45) is 16.8 Å². The zero-order chi connectivity index (χ0) is 32.1. The van der Waals surface area contributed by atoms with Crippen LogP contribution >= 0.6 is 58.2 Å². The molecule has 3 amide bonds. The highest BCUT2D eigenvalue weighted by atomic mass is 35.5. The second-order valence-electron chi connectivity index (χ2n) is 9.76. The number of nitrogens with one attached hydrogen (secondary N) is 2. The van der Waals surface area contributed by atoms with Crippen molar-refractivity contribution in [1.82, 2.24) is 25.5 Å². The van der Waals surface area contributed by atoms with Gasteiger partial charge in [0.2, 0.25) is 5.91 Å². The molecule has 14 nitrogen and oxygen atoms in total. The molecule has 0 radical (unpaired) electrons. The first-order chi connectivity index (χ1) is 20.9. The molecule has 1 fully saturated rings. The number of oxime groups is 1. The molecule has 2 aliphatic rings. The molecule has 0 unspecified atom stereocenters. The normalized spacial score (nSPS) is 19.0. The van der Waals surface area contributed by atoms with E-state index in [-0.39, 0.29) is 38.4 Å². The maximum Gasteiger partial charge on any atom is 0.353 e. The lowest BCUT2D eigenvalue weighted by molar-refractivity contribution is -0.150. The lowest BCUT2D eigenvalue weighted by Crippen LogP contribution is -2.71. The van der Waals surface area contributed by atoms with Gasteiger partial charge in [-0.3, -0.25) is 24.3 Å². The van der Waals surface area contributed by atoms with Gasteiger partial charge in [0, 0.05) is 46.0 Å². The minimum absolute atomic E-state index is 0.0313. The van der Waals surface area contributed by atoms with E-state index < -0.39 is 41.0 Å². The lowest BCUT2D eigenvalue weighted by atomic mass is 10.0. The summed E-state index contributed by atoms with van der Waals surface area (Å²) < 4.78 is 0.0313. The first kappa shape index (κ1) is 33.9. The van der Waals surface area contributed by atoms with Gasteiger partial charge in [-0.2, -0.15) is 11.8 Å². The number of nitrogen functional groups attached to an aromatic ring is 1. The van der Waals surface area contributed by atoms with E-state index in [1.165, 1.54) is 23.5 Å². The molecule has 0 aromatic carbocycles. The highest BCUT2D eigenvalue weighted by molar-refractivity contribution is 8.06. The van der Waals surface area contributed by atoms with Crippen LogP contribution in [0.4, 0.5) is 5.13 Å². The minimum Gasteiger partial charge on any atom is -0.477 e.